The number of amides is 1. The van der Waals surface area contributed by atoms with Crippen LogP contribution in [0.25, 0.3) is 17.1 Å². The maximum absolute atomic E-state index is 12.2. The van der Waals surface area contributed by atoms with Gasteiger partial charge in [-0.1, -0.05) is 59.8 Å². The minimum absolute atomic E-state index is 0.0489. The highest BCUT2D eigenvalue weighted by molar-refractivity contribution is 7.99. The lowest BCUT2D eigenvalue weighted by Crippen LogP contribution is -2.25. The van der Waals surface area contributed by atoms with Crippen molar-refractivity contribution in [1.82, 2.24) is 25.1 Å². The van der Waals surface area contributed by atoms with Crippen molar-refractivity contribution in [2.45, 2.75) is 24.4 Å². The fourth-order valence-electron chi connectivity index (χ4n) is 3.35. The first-order valence-electron chi connectivity index (χ1n) is 10.8. The molecule has 0 spiro atoms. The van der Waals surface area contributed by atoms with Crippen molar-refractivity contribution < 1.29 is 4.79 Å². The van der Waals surface area contributed by atoms with Crippen LogP contribution in [0.5, 0.6) is 0 Å². The summed E-state index contributed by atoms with van der Waals surface area (Å²) >= 11 is 8.02. The van der Waals surface area contributed by atoms with E-state index in [4.69, 9.17) is 11.6 Å². The standard InChI is InChI=1S/C25H24ClN5OS/c26-22-13-5-4-12-21(22)24-29-30-25(31(24)20-10-2-1-3-11-20)33-18-8-14-23(32)28-17-15-19-9-6-7-16-27-19/h1-7,9-13,16H,8,14-15,17-18H2,(H,28,32). The summed E-state index contributed by atoms with van der Waals surface area (Å²) in [5.74, 6) is 1.50. The van der Waals surface area contributed by atoms with Gasteiger partial charge in [0, 0.05) is 48.3 Å². The molecule has 0 fully saturated rings. The molecule has 0 aliphatic heterocycles. The zero-order valence-corrected chi connectivity index (χ0v) is 19.6. The van der Waals surface area contributed by atoms with Crippen molar-refractivity contribution in [3.05, 3.63) is 89.7 Å². The largest absolute Gasteiger partial charge is 0.356 e. The topological polar surface area (TPSA) is 72.7 Å². The number of para-hydroxylation sites is 1. The van der Waals surface area contributed by atoms with Crippen LogP contribution in [-0.4, -0.2) is 38.0 Å². The molecule has 1 amide bonds. The Balaban J connectivity index is 1.35. The predicted molar refractivity (Wildman–Crippen MR) is 133 cm³/mol. The molecule has 0 unspecified atom stereocenters. The van der Waals surface area contributed by atoms with Gasteiger partial charge in [0.25, 0.3) is 0 Å². The number of pyridine rings is 1. The maximum Gasteiger partial charge on any atom is 0.220 e. The van der Waals surface area contributed by atoms with E-state index in [1.54, 1.807) is 18.0 Å². The molecule has 6 nitrogen and oxygen atoms in total. The highest BCUT2D eigenvalue weighted by Crippen LogP contribution is 2.32. The maximum atomic E-state index is 12.2. The van der Waals surface area contributed by atoms with Gasteiger partial charge in [0.2, 0.25) is 5.91 Å². The molecule has 1 N–H and O–H groups in total. The van der Waals surface area contributed by atoms with Crippen molar-refractivity contribution in [2.24, 2.45) is 0 Å². The third kappa shape index (κ3) is 6.21. The van der Waals surface area contributed by atoms with E-state index in [9.17, 15) is 4.79 Å². The van der Waals surface area contributed by atoms with E-state index in [-0.39, 0.29) is 5.91 Å². The molecule has 0 radical (unpaired) electrons. The fraction of sp³-hybridized carbons (Fsp3) is 0.200. The monoisotopic (exact) mass is 477 g/mol. The van der Waals surface area contributed by atoms with E-state index in [0.29, 0.717) is 23.8 Å². The van der Waals surface area contributed by atoms with Crippen molar-refractivity contribution in [1.29, 1.82) is 0 Å². The quantitative estimate of drug-likeness (QED) is 0.250. The Hall–Kier alpha value is -3.16. The lowest BCUT2D eigenvalue weighted by Gasteiger charge is -2.11. The second-order valence-corrected chi connectivity index (χ2v) is 8.80. The van der Waals surface area contributed by atoms with Gasteiger partial charge in [-0.2, -0.15) is 0 Å². The van der Waals surface area contributed by atoms with Crippen LogP contribution < -0.4 is 5.32 Å². The smallest absolute Gasteiger partial charge is 0.220 e. The molecule has 168 valence electrons. The van der Waals surface area contributed by atoms with Crippen molar-refractivity contribution in [2.75, 3.05) is 12.3 Å². The molecule has 2 heterocycles. The summed E-state index contributed by atoms with van der Waals surface area (Å²) in [7, 11) is 0. The Kier molecular flexibility index (Phi) is 8.11. The van der Waals surface area contributed by atoms with Gasteiger partial charge in [-0.3, -0.25) is 14.3 Å². The number of nitrogens with zero attached hydrogens (tertiary/aromatic N) is 4. The molecule has 33 heavy (non-hydrogen) atoms. The van der Waals surface area contributed by atoms with E-state index in [0.717, 1.165) is 40.7 Å². The highest BCUT2D eigenvalue weighted by atomic mass is 35.5. The first kappa shape index (κ1) is 23.0. The SMILES string of the molecule is O=C(CCCSc1nnc(-c2ccccc2Cl)n1-c1ccccc1)NCCc1ccccn1. The molecule has 0 aliphatic rings. The van der Waals surface area contributed by atoms with Crippen LogP contribution in [0.4, 0.5) is 0 Å². The number of hydrogen-bond donors (Lipinski definition) is 1. The molecular formula is C25H24ClN5OS. The number of rotatable bonds is 10. The van der Waals surface area contributed by atoms with E-state index < -0.39 is 0 Å². The third-order valence-electron chi connectivity index (χ3n) is 4.97. The van der Waals surface area contributed by atoms with Crippen LogP contribution in [0.15, 0.2) is 84.1 Å². The summed E-state index contributed by atoms with van der Waals surface area (Å²) in [4.78, 5) is 16.4. The zero-order chi connectivity index (χ0) is 22.9. The van der Waals surface area contributed by atoms with Crippen LogP contribution in [-0.2, 0) is 11.2 Å². The van der Waals surface area contributed by atoms with Crippen LogP contribution in [0, 0.1) is 0 Å². The highest BCUT2D eigenvalue weighted by Gasteiger charge is 2.17. The zero-order valence-electron chi connectivity index (χ0n) is 18.0. The van der Waals surface area contributed by atoms with Crippen LogP contribution >= 0.6 is 23.4 Å². The summed E-state index contributed by atoms with van der Waals surface area (Å²) in [6, 6.07) is 23.4. The van der Waals surface area contributed by atoms with Gasteiger partial charge in [0.05, 0.1) is 5.02 Å². The van der Waals surface area contributed by atoms with E-state index >= 15 is 0 Å². The molecule has 0 bridgehead atoms. The van der Waals surface area contributed by atoms with E-state index in [1.807, 2.05) is 77.4 Å². The Bertz CT molecular complexity index is 1180. The third-order valence-corrected chi connectivity index (χ3v) is 6.32. The number of hydrogen-bond acceptors (Lipinski definition) is 5. The van der Waals surface area contributed by atoms with Gasteiger partial charge in [-0.25, -0.2) is 0 Å². The molecule has 4 rings (SSSR count). The molecule has 0 saturated carbocycles. The van der Waals surface area contributed by atoms with Crippen LogP contribution in [0.3, 0.4) is 0 Å². The van der Waals surface area contributed by atoms with Crippen LogP contribution in [0.2, 0.25) is 5.02 Å². The second kappa shape index (κ2) is 11.6. The molecule has 4 aromatic rings. The number of carbonyl (C=O) groups is 1. The molecule has 8 heteroatoms. The Morgan fingerprint density at radius 1 is 0.970 bits per heavy atom. The number of aromatic nitrogens is 4. The van der Waals surface area contributed by atoms with Crippen LogP contribution in [0.1, 0.15) is 18.5 Å². The first-order chi connectivity index (χ1) is 16.2. The number of benzene rings is 2. The molecular weight excluding hydrogens is 454 g/mol. The normalized spacial score (nSPS) is 10.8. The average Bonchev–Trinajstić information content (AvgIpc) is 3.27. The predicted octanol–water partition coefficient (Wildman–Crippen LogP) is 5.21. The van der Waals surface area contributed by atoms with E-state index in [1.165, 1.54) is 0 Å². The Morgan fingerprint density at radius 3 is 2.55 bits per heavy atom. The molecule has 2 aromatic carbocycles. The Labute approximate surface area is 202 Å². The number of carbonyl (C=O) groups excluding carboxylic acids is 1. The van der Waals surface area contributed by atoms with Gasteiger partial charge in [0.1, 0.15) is 0 Å². The lowest BCUT2D eigenvalue weighted by molar-refractivity contribution is -0.121. The van der Waals surface area contributed by atoms with Gasteiger partial charge in [-0.15, -0.1) is 10.2 Å². The number of thioether (sulfide) groups is 1. The molecule has 0 atom stereocenters. The van der Waals surface area contributed by atoms with Gasteiger partial charge in [-0.05, 0) is 42.8 Å². The van der Waals surface area contributed by atoms with E-state index in [2.05, 4.69) is 20.5 Å². The fourth-order valence-corrected chi connectivity index (χ4v) is 4.46. The van der Waals surface area contributed by atoms with Crippen molar-refractivity contribution in [3.8, 4) is 17.1 Å². The Morgan fingerprint density at radius 2 is 1.76 bits per heavy atom. The minimum atomic E-state index is 0.0489. The molecule has 0 saturated heterocycles. The second-order valence-electron chi connectivity index (χ2n) is 7.33. The number of nitrogens with one attached hydrogen (secondary N) is 1. The summed E-state index contributed by atoms with van der Waals surface area (Å²) in [5.41, 5.74) is 2.77. The van der Waals surface area contributed by atoms with Crippen molar-refractivity contribution in [3.63, 3.8) is 0 Å². The molecule has 0 aliphatic carbocycles. The molecule has 2 aromatic heterocycles. The van der Waals surface area contributed by atoms with Gasteiger partial charge < -0.3 is 5.32 Å². The first-order valence-corrected chi connectivity index (χ1v) is 12.1. The minimum Gasteiger partial charge on any atom is -0.356 e. The van der Waals surface area contributed by atoms with Crippen molar-refractivity contribution >= 4 is 29.3 Å². The number of halogens is 1. The van der Waals surface area contributed by atoms with Gasteiger partial charge in [0.15, 0.2) is 11.0 Å². The van der Waals surface area contributed by atoms with Gasteiger partial charge >= 0.3 is 0 Å². The lowest BCUT2D eigenvalue weighted by atomic mass is 10.2. The average molecular weight is 478 g/mol. The summed E-state index contributed by atoms with van der Waals surface area (Å²) < 4.78 is 2.01. The summed E-state index contributed by atoms with van der Waals surface area (Å²) in [6.07, 6.45) is 3.70. The summed E-state index contributed by atoms with van der Waals surface area (Å²) in [6.45, 7) is 0.590. The summed E-state index contributed by atoms with van der Waals surface area (Å²) in [5, 5.41) is 13.2.